The highest BCUT2D eigenvalue weighted by molar-refractivity contribution is 5.25. The predicted octanol–water partition coefficient (Wildman–Crippen LogP) is 4.32. The number of benzene rings is 2. The summed E-state index contributed by atoms with van der Waals surface area (Å²) in [7, 11) is 0. The molecule has 2 aromatic carbocycles. The second-order valence-electron chi connectivity index (χ2n) is 5.57. The molecular formula is C21H26. The van der Waals surface area contributed by atoms with Crippen LogP contribution in [0.1, 0.15) is 30.5 Å². The van der Waals surface area contributed by atoms with Gasteiger partial charge in [-0.1, -0.05) is 78.4 Å². The molecule has 0 nitrogen and oxygen atoms in total. The zero-order chi connectivity index (χ0) is 15.8. The summed E-state index contributed by atoms with van der Waals surface area (Å²) in [6.07, 6.45) is 3.25. The minimum absolute atomic E-state index is 1.01. The molecule has 2 aromatic rings. The molecule has 0 heterocycles. The number of allylic oxidation sites excluding steroid dienone is 2. The van der Waals surface area contributed by atoms with Crippen molar-refractivity contribution in [1.82, 2.24) is 0 Å². The summed E-state index contributed by atoms with van der Waals surface area (Å²) in [5.41, 5.74) is 5.40. The maximum atomic E-state index is 3.82. The molecule has 2 rings (SSSR count). The molecule has 0 saturated carbocycles. The van der Waals surface area contributed by atoms with E-state index in [0.717, 1.165) is 16.9 Å². The van der Waals surface area contributed by atoms with Crippen molar-refractivity contribution >= 4 is 13.2 Å². The van der Waals surface area contributed by atoms with Gasteiger partial charge < -0.3 is 0 Å². The molecule has 0 aliphatic carbocycles. The molecule has 0 unspecified atom stereocenters. The molecule has 0 spiro atoms. The first-order valence-corrected chi connectivity index (χ1v) is 7.34. The Morgan fingerprint density at radius 2 is 1.48 bits per heavy atom. The van der Waals surface area contributed by atoms with Crippen molar-refractivity contribution in [3.05, 3.63) is 81.2 Å². The fourth-order valence-electron chi connectivity index (χ4n) is 1.88. The third-order valence-electron chi connectivity index (χ3n) is 3.46. The van der Waals surface area contributed by atoms with Crippen molar-refractivity contribution in [3.63, 3.8) is 0 Å². The molecule has 0 heteroatoms. The van der Waals surface area contributed by atoms with Crippen molar-refractivity contribution in [2.24, 2.45) is 0 Å². The number of hydrogen-bond donors (Lipinski definition) is 0. The lowest BCUT2D eigenvalue weighted by molar-refractivity contribution is 1.13. The zero-order valence-corrected chi connectivity index (χ0v) is 13.7. The third-order valence-corrected chi connectivity index (χ3v) is 3.46. The predicted molar refractivity (Wildman–Crippen MR) is 95.8 cm³/mol. The van der Waals surface area contributed by atoms with Gasteiger partial charge in [0.25, 0.3) is 0 Å². The zero-order valence-electron chi connectivity index (χ0n) is 13.7. The average Bonchev–Trinajstić information content (AvgIpc) is 2.46. The van der Waals surface area contributed by atoms with Crippen LogP contribution in [0.4, 0.5) is 0 Å². The van der Waals surface area contributed by atoms with Crippen LogP contribution in [0.15, 0.2) is 54.1 Å². The molecule has 0 aliphatic rings. The second kappa shape index (κ2) is 8.26. The van der Waals surface area contributed by atoms with E-state index >= 15 is 0 Å². The highest BCUT2D eigenvalue weighted by Crippen LogP contribution is 2.08. The molecule has 0 N–H and O–H groups in total. The van der Waals surface area contributed by atoms with Gasteiger partial charge in [0.2, 0.25) is 0 Å². The van der Waals surface area contributed by atoms with Crippen LogP contribution in [-0.2, 0) is 6.42 Å². The van der Waals surface area contributed by atoms with Gasteiger partial charge in [0, 0.05) is 0 Å². The molecule has 0 radical (unpaired) electrons. The van der Waals surface area contributed by atoms with Crippen LogP contribution < -0.4 is 10.4 Å². The average molecular weight is 278 g/mol. The number of rotatable bonds is 2. The molecule has 0 aliphatic heterocycles. The monoisotopic (exact) mass is 278 g/mol. The molecular weight excluding hydrogens is 252 g/mol. The van der Waals surface area contributed by atoms with Crippen molar-refractivity contribution < 1.29 is 0 Å². The maximum Gasteiger partial charge on any atom is -0.00700 e. The fourth-order valence-corrected chi connectivity index (χ4v) is 1.88. The summed E-state index contributed by atoms with van der Waals surface area (Å²) in [5.74, 6) is 0. The SMILES string of the molecule is C/C=C(\C)Cc1ccc(C)cc1.C=c1ccc(C)cc1=C. The van der Waals surface area contributed by atoms with Gasteiger partial charge >= 0.3 is 0 Å². The summed E-state index contributed by atoms with van der Waals surface area (Å²) in [5, 5.41) is 2.04. The quantitative estimate of drug-likeness (QED) is 0.718. The van der Waals surface area contributed by atoms with E-state index in [-0.39, 0.29) is 0 Å². The Bertz CT molecular complexity index is 688. The molecule has 0 atom stereocenters. The van der Waals surface area contributed by atoms with E-state index in [1.165, 1.54) is 22.3 Å². The van der Waals surface area contributed by atoms with Crippen LogP contribution >= 0.6 is 0 Å². The minimum Gasteiger partial charge on any atom is -0.0912 e. The summed E-state index contributed by atoms with van der Waals surface area (Å²) >= 11 is 0. The second-order valence-corrected chi connectivity index (χ2v) is 5.57. The number of hydrogen-bond acceptors (Lipinski definition) is 0. The maximum absolute atomic E-state index is 3.82. The lowest BCUT2D eigenvalue weighted by atomic mass is 10.1. The Labute approximate surface area is 129 Å². The van der Waals surface area contributed by atoms with Crippen molar-refractivity contribution in [3.8, 4) is 0 Å². The van der Waals surface area contributed by atoms with Gasteiger partial charge in [0.1, 0.15) is 0 Å². The first-order chi connectivity index (χ1) is 9.92. The lowest BCUT2D eigenvalue weighted by Crippen LogP contribution is -2.20. The van der Waals surface area contributed by atoms with E-state index in [4.69, 9.17) is 0 Å². The van der Waals surface area contributed by atoms with Crippen LogP contribution in [0.25, 0.3) is 13.2 Å². The minimum atomic E-state index is 1.01. The van der Waals surface area contributed by atoms with Crippen LogP contribution in [0, 0.1) is 13.8 Å². The van der Waals surface area contributed by atoms with Gasteiger partial charge in [0.05, 0.1) is 0 Å². The van der Waals surface area contributed by atoms with Gasteiger partial charge in [-0.05, 0) is 50.1 Å². The smallest absolute Gasteiger partial charge is 0.00700 e. The molecule has 110 valence electrons. The normalized spacial score (nSPS) is 10.8. The molecule has 0 aromatic heterocycles. The van der Waals surface area contributed by atoms with Gasteiger partial charge in [-0.25, -0.2) is 0 Å². The van der Waals surface area contributed by atoms with Crippen molar-refractivity contribution in [1.29, 1.82) is 0 Å². The Kier molecular flexibility index (Phi) is 6.68. The summed E-state index contributed by atoms with van der Waals surface area (Å²) in [6, 6.07) is 14.8. The Morgan fingerprint density at radius 3 is 1.95 bits per heavy atom. The lowest BCUT2D eigenvalue weighted by Gasteiger charge is -2.01. The summed E-state index contributed by atoms with van der Waals surface area (Å²) in [4.78, 5) is 0. The van der Waals surface area contributed by atoms with E-state index in [9.17, 15) is 0 Å². The molecule has 0 saturated heterocycles. The molecule has 21 heavy (non-hydrogen) atoms. The van der Waals surface area contributed by atoms with Gasteiger partial charge in [-0.2, -0.15) is 0 Å². The first kappa shape index (κ1) is 17.0. The standard InChI is InChI=1S/C12H16.C9H10/c1-4-10(2)9-12-7-5-11(3)6-8-12;1-7-4-5-8(2)9(3)6-7/h4-8H,9H2,1-3H3;4-6H,2-3H2,1H3/b10-4+;. The largest absolute Gasteiger partial charge is 0.0912 e. The van der Waals surface area contributed by atoms with Crippen LogP contribution in [0.2, 0.25) is 0 Å². The van der Waals surface area contributed by atoms with Gasteiger partial charge in [0.15, 0.2) is 0 Å². The van der Waals surface area contributed by atoms with Gasteiger partial charge in [-0.3, -0.25) is 0 Å². The van der Waals surface area contributed by atoms with Crippen LogP contribution in [0.5, 0.6) is 0 Å². The molecule has 0 fully saturated rings. The fraction of sp³-hybridized carbons (Fsp3) is 0.238. The van der Waals surface area contributed by atoms with Crippen molar-refractivity contribution in [2.45, 2.75) is 34.1 Å². The van der Waals surface area contributed by atoms with E-state index in [1.54, 1.807) is 0 Å². The topological polar surface area (TPSA) is 0 Å². The Balaban J connectivity index is 0.000000219. The third kappa shape index (κ3) is 6.27. The van der Waals surface area contributed by atoms with E-state index in [1.807, 2.05) is 25.1 Å². The number of aryl methyl sites for hydroxylation is 2. The van der Waals surface area contributed by atoms with E-state index in [0.29, 0.717) is 0 Å². The molecule has 0 bridgehead atoms. The van der Waals surface area contributed by atoms with Crippen LogP contribution in [-0.4, -0.2) is 0 Å². The van der Waals surface area contributed by atoms with E-state index < -0.39 is 0 Å². The van der Waals surface area contributed by atoms with Crippen molar-refractivity contribution in [2.75, 3.05) is 0 Å². The summed E-state index contributed by atoms with van der Waals surface area (Å²) < 4.78 is 0. The van der Waals surface area contributed by atoms with Crippen LogP contribution in [0.3, 0.4) is 0 Å². The van der Waals surface area contributed by atoms with Gasteiger partial charge in [-0.15, -0.1) is 0 Å². The molecule has 0 amide bonds. The highest BCUT2D eigenvalue weighted by Gasteiger charge is 1.92. The summed E-state index contributed by atoms with van der Waals surface area (Å²) in [6.45, 7) is 16.0. The first-order valence-electron chi connectivity index (χ1n) is 7.34. The van der Waals surface area contributed by atoms with E-state index in [2.05, 4.69) is 64.3 Å². The Morgan fingerprint density at radius 1 is 0.905 bits per heavy atom. The Hall–Kier alpha value is -2.08. The highest BCUT2D eigenvalue weighted by atomic mass is 14.0.